The van der Waals surface area contributed by atoms with E-state index >= 15 is 0 Å². The van der Waals surface area contributed by atoms with E-state index in [1.165, 1.54) is 11.8 Å². The molecule has 0 aliphatic carbocycles. The van der Waals surface area contributed by atoms with E-state index in [0.29, 0.717) is 41.4 Å². The van der Waals surface area contributed by atoms with Crippen molar-refractivity contribution in [1.29, 1.82) is 0 Å². The van der Waals surface area contributed by atoms with E-state index < -0.39 is 0 Å². The van der Waals surface area contributed by atoms with Gasteiger partial charge in [0.05, 0.1) is 5.25 Å². The molecule has 4 rings (SSSR count). The Kier molecular flexibility index (Phi) is 4.97. The Morgan fingerprint density at radius 3 is 2.74 bits per heavy atom. The van der Waals surface area contributed by atoms with E-state index in [0.717, 1.165) is 5.56 Å². The number of amides is 1. The largest absolute Gasteiger partial charge is 0.486 e. The van der Waals surface area contributed by atoms with Crippen molar-refractivity contribution in [2.75, 3.05) is 18.5 Å². The van der Waals surface area contributed by atoms with Crippen molar-refractivity contribution >= 4 is 23.4 Å². The zero-order valence-electron chi connectivity index (χ0n) is 14.6. The topological polar surface area (TPSA) is 89.1 Å². The number of hydrogen-bond acceptors (Lipinski definition) is 6. The van der Waals surface area contributed by atoms with Gasteiger partial charge in [-0.3, -0.25) is 9.89 Å². The van der Waals surface area contributed by atoms with Crippen LogP contribution in [0.25, 0.3) is 11.4 Å². The number of thioether (sulfide) groups is 1. The number of benzene rings is 2. The molecule has 2 heterocycles. The summed E-state index contributed by atoms with van der Waals surface area (Å²) in [7, 11) is 0. The molecule has 8 heteroatoms. The van der Waals surface area contributed by atoms with Crippen LogP contribution in [0.15, 0.2) is 53.7 Å². The number of ether oxygens (including phenoxy) is 2. The lowest BCUT2D eigenvalue weighted by atomic mass is 10.2. The Morgan fingerprint density at radius 2 is 1.93 bits per heavy atom. The second kappa shape index (κ2) is 7.71. The van der Waals surface area contributed by atoms with Crippen LogP contribution in [-0.2, 0) is 4.79 Å². The van der Waals surface area contributed by atoms with Gasteiger partial charge < -0.3 is 14.8 Å². The van der Waals surface area contributed by atoms with E-state index in [-0.39, 0.29) is 11.2 Å². The highest BCUT2D eigenvalue weighted by molar-refractivity contribution is 8.00. The van der Waals surface area contributed by atoms with Crippen LogP contribution in [0.1, 0.15) is 6.92 Å². The van der Waals surface area contributed by atoms with Crippen LogP contribution in [0.2, 0.25) is 0 Å². The predicted octanol–water partition coefficient (Wildman–Crippen LogP) is 3.36. The maximum Gasteiger partial charge on any atom is 0.237 e. The molecule has 0 saturated heterocycles. The number of H-pyrrole nitrogens is 1. The van der Waals surface area contributed by atoms with Gasteiger partial charge in [0.25, 0.3) is 0 Å². The molecular weight excluding hydrogens is 364 g/mol. The van der Waals surface area contributed by atoms with Crippen molar-refractivity contribution < 1.29 is 14.3 Å². The van der Waals surface area contributed by atoms with E-state index in [1.807, 2.05) is 37.3 Å². The third-order valence-corrected chi connectivity index (χ3v) is 4.93. The normalized spacial score (nSPS) is 13.8. The highest BCUT2D eigenvalue weighted by Crippen LogP contribution is 2.33. The van der Waals surface area contributed by atoms with Crippen molar-refractivity contribution in [2.45, 2.75) is 17.3 Å². The lowest BCUT2D eigenvalue weighted by Gasteiger charge is -2.19. The molecule has 0 bridgehead atoms. The average molecular weight is 382 g/mol. The first kappa shape index (κ1) is 17.4. The summed E-state index contributed by atoms with van der Waals surface area (Å²) in [4.78, 5) is 16.9. The van der Waals surface area contributed by atoms with Crippen molar-refractivity contribution in [3.05, 3.63) is 48.5 Å². The van der Waals surface area contributed by atoms with Crippen molar-refractivity contribution in [2.24, 2.45) is 0 Å². The maximum absolute atomic E-state index is 12.5. The zero-order valence-corrected chi connectivity index (χ0v) is 15.5. The first-order valence-corrected chi connectivity index (χ1v) is 9.42. The van der Waals surface area contributed by atoms with Gasteiger partial charge in [-0.05, 0) is 19.1 Å². The number of nitrogens with zero attached hydrogens (tertiary/aromatic N) is 2. The van der Waals surface area contributed by atoms with Gasteiger partial charge in [0.15, 0.2) is 17.3 Å². The number of aromatic nitrogens is 3. The molecular formula is C19H18N4O3S. The van der Waals surface area contributed by atoms with Crippen LogP contribution < -0.4 is 14.8 Å². The van der Waals surface area contributed by atoms with Crippen LogP contribution in [0, 0.1) is 0 Å². The fourth-order valence-corrected chi connectivity index (χ4v) is 3.33. The minimum absolute atomic E-state index is 0.136. The number of anilines is 1. The van der Waals surface area contributed by atoms with Gasteiger partial charge in [0, 0.05) is 17.3 Å². The summed E-state index contributed by atoms with van der Waals surface area (Å²) in [5, 5.41) is 10.1. The van der Waals surface area contributed by atoms with Crippen molar-refractivity contribution in [1.82, 2.24) is 15.2 Å². The molecule has 0 radical (unpaired) electrons. The number of nitrogens with one attached hydrogen (secondary N) is 2. The van der Waals surface area contributed by atoms with Crippen LogP contribution >= 0.6 is 11.8 Å². The summed E-state index contributed by atoms with van der Waals surface area (Å²) in [6.07, 6.45) is 0. The fourth-order valence-electron chi connectivity index (χ4n) is 2.60. The fraction of sp³-hybridized carbons (Fsp3) is 0.211. The summed E-state index contributed by atoms with van der Waals surface area (Å²) >= 11 is 1.29. The number of carbonyl (C=O) groups is 1. The third-order valence-electron chi connectivity index (χ3n) is 3.97. The summed E-state index contributed by atoms with van der Waals surface area (Å²) in [6.45, 7) is 2.86. The molecule has 1 amide bonds. The van der Waals surface area contributed by atoms with Gasteiger partial charge in [-0.15, -0.1) is 5.10 Å². The maximum atomic E-state index is 12.5. The first-order chi connectivity index (χ1) is 13.2. The second-order valence-corrected chi connectivity index (χ2v) is 7.25. The average Bonchev–Trinajstić information content (AvgIpc) is 3.17. The molecule has 0 unspecified atom stereocenters. The molecule has 3 aromatic rings. The SMILES string of the molecule is C[C@@H](Sc1n[nH]c(-c2ccccc2)n1)C(=O)Nc1ccc2c(c1)OCCO2. The van der Waals surface area contributed by atoms with E-state index in [1.54, 1.807) is 18.2 Å². The molecule has 1 aliphatic rings. The van der Waals surface area contributed by atoms with E-state index in [4.69, 9.17) is 9.47 Å². The Labute approximate surface area is 160 Å². The highest BCUT2D eigenvalue weighted by Gasteiger charge is 2.19. The third kappa shape index (κ3) is 4.06. The molecule has 138 valence electrons. The summed E-state index contributed by atoms with van der Waals surface area (Å²) in [5.41, 5.74) is 1.61. The molecule has 2 aromatic carbocycles. The molecule has 0 saturated carbocycles. The first-order valence-electron chi connectivity index (χ1n) is 8.54. The summed E-state index contributed by atoms with van der Waals surface area (Å²) in [6, 6.07) is 15.1. The molecule has 2 N–H and O–H groups in total. The molecule has 7 nitrogen and oxygen atoms in total. The predicted molar refractivity (Wildman–Crippen MR) is 103 cm³/mol. The number of hydrogen-bond donors (Lipinski definition) is 2. The Balaban J connectivity index is 1.39. The number of aromatic amines is 1. The number of carbonyl (C=O) groups excluding carboxylic acids is 1. The smallest absolute Gasteiger partial charge is 0.237 e. The highest BCUT2D eigenvalue weighted by atomic mass is 32.2. The summed E-state index contributed by atoms with van der Waals surface area (Å²) in [5.74, 6) is 1.87. The quantitative estimate of drug-likeness (QED) is 0.658. The molecule has 1 atom stereocenters. The lowest BCUT2D eigenvalue weighted by molar-refractivity contribution is -0.115. The van der Waals surface area contributed by atoms with Crippen LogP contribution in [0.4, 0.5) is 5.69 Å². The lowest BCUT2D eigenvalue weighted by Crippen LogP contribution is -2.23. The summed E-state index contributed by atoms with van der Waals surface area (Å²) < 4.78 is 11.0. The van der Waals surface area contributed by atoms with Gasteiger partial charge >= 0.3 is 0 Å². The monoisotopic (exact) mass is 382 g/mol. The van der Waals surface area contributed by atoms with Crippen molar-refractivity contribution in [3.63, 3.8) is 0 Å². The van der Waals surface area contributed by atoms with Gasteiger partial charge in [-0.25, -0.2) is 4.98 Å². The van der Waals surface area contributed by atoms with E-state index in [9.17, 15) is 4.79 Å². The molecule has 1 aliphatic heterocycles. The van der Waals surface area contributed by atoms with Crippen LogP contribution in [0.5, 0.6) is 11.5 Å². The minimum atomic E-state index is -0.363. The molecule has 1 aromatic heterocycles. The molecule has 0 spiro atoms. The Bertz CT molecular complexity index is 945. The van der Waals surface area contributed by atoms with Gasteiger partial charge in [-0.2, -0.15) is 0 Å². The molecule has 27 heavy (non-hydrogen) atoms. The zero-order chi connectivity index (χ0) is 18.6. The van der Waals surface area contributed by atoms with Crippen LogP contribution in [-0.4, -0.2) is 39.6 Å². The second-order valence-electron chi connectivity index (χ2n) is 5.94. The number of rotatable bonds is 5. The number of fused-ring (bicyclic) bond motifs is 1. The van der Waals surface area contributed by atoms with E-state index in [2.05, 4.69) is 20.5 Å². The van der Waals surface area contributed by atoms with Gasteiger partial charge in [0.1, 0.15) is 13.2 Å². The Hall–Kier alpha value is -3.00. The van der Waals surface area contributed by atoms with Gasteiger partial charge in [-0.1, -0.05) is 42.1 Å². The minimum Gasteiger partial charge on any atom is -0.486 e. The van der Waals surface area contributed by atoms with Crippen molar-refractivity contribution in [3.8, 4) is 22.9 Å². The Morgan fingerprint density at radius 1 is 1.15 bits per heavy atom. The van der Waals surface area contributed by atoms with Gasteiger partial charge in [0.2, 0.25) is 11.1 Å². The standard InChI is InChI=1S/C19H18N4O3S/c1-12(27-19-21-17(22-23-19)13-5-3-2-4-6-13)18(24)20-14-7-8-15-16(11-14)26-10-9-25-15/h2-8,11-12H,9-10H2,1H3,(H,20,24)(H,21,22,23)/t12-/m1/s1. The molecule has 0 fully saturated rings. The van der Waals surface area contributed by atoms with Crippen LogP contribution in [0.3, 0.4) is 0 Å².